The Morgan fingerprint density at radius 2 is 1.80 bits per heavy atom. The van der Waals surface area contributed by atoms with Crippen molar-refractivity contribution >= 4 is 11.6 Å². The zero-order valence-electron chi connectivity index (χ0n) is 17.7. The number of hydrogen-bond donors (Lipinski definition) is 0. The van der Waals surface area contributed by atoms with Gasteiger partial charge in [0, 0.05) is 32.4 Å². The van der Waals surface area contributed by atoms with Gasteiger partial charge in [-0.05, 0) is 63.2 Å². The Morgan fingerprint density at radius 1 is 1.20 bits per heavy atom. The van der Waals surface area contributed by atoms with Gasteiger partial charge in [-0.25, -0.2) is 0 Å². The Balaban J connectivity index is 1.45. The summed E-state index contributed by atoms with van der Waals surface area (Å²) in [6.07, 6.45) is 10.3. The van der Waals surface area contributed by atoms with Crippen molar-refractivity contribution in [1.29, 1.82) is 0 Å². The van der Waals surface area contributed by atoms with E-state index in [0.29, 0.717) is 24.3 Å². The maximum absolute atomic E-state index is 13.2. The van der Waals surface area contributed by atoms with E-state index in [-0.39, 0.29) is 16.9 Å². The number of aromatic nitrogens is 4. The van der Waals surface area contributed by atoms with Gasteiger partial charge in [-0.15, -0.1) is 0 Å². The monoisotopic (exact) mass is 412 g/mol. The molecule has 4 aliphatic carbocycles. The Labute approximate surface area is 175 Å². The highest BCUT2D eigenvalue weighted by molar-refractivity contribution is 5.95. The van der Waals surface area contributed by atoms with E-state index < -0.39 is 10.8 Å². The summed E-state index contributed by atoms with van der Waals surface area (Å²) in [6.45, 7) is 2.22. The number of carbonyl (C=O) groups is 1. The predicted molar refractivity (Wildman–Crippen MR) is 109 cm³/mol. The third-order valence-electron chi connectivity index (χ3n) is 7.46. The van der Waals surface area contributed by atoms with Crippen LogP contribution in [0.4, 0.5) is 5.69 Å². The first-order valence-electron chi connectivity index (χ1n) is 10.7. The van der Waals surface area contributed by atoms with E-state index in [2.05, 4.69) is 10.2 Å². The minimum atomic E-state index is -0.472. The van der Waals surface area contributed by atoms with Crippen LogP contribution in [0.5, 0.6) is 0 Å². The van der Waals surface area contributed by atoms with Gasteiger partial charge in [-0.2, -0.15) is 10.2 Å². The molecule has 4 fully saturated rings. The summed E-state index contributed by atoms with van der Waals surface area (Å²) >= 11 is 0. The van der Waals surface area contributed by atoms with Crippen molar-refractivity contribution in [2.75, 3.05) is 7.05 Å². The van der Waals surface area contributed by atoms with Crippen molar-refractivity contribution < 1.29 is 9.72 Å². The molecule has 9 nitrogen and oxygen atoms in total. The van der Waals surface area contributed by atoms with Crippen molar-refractivity contribution in [3.05, 3.63) is 39.5 Å². The molecule has 4 saturated carbocycles. The summed E-state index contributed by atoms with van der Waals surface area (Å²) in [6, 6.07) is 0. The molecule has 2 aromatic rings. The van der Waals surface area contributed by atoms with Crippen LogP contribution < -0.4 is 0 Å². The van der Waals surface area contributed by atoms with Crippen LogP contribution in [0.1, 0.15) is 60.3 Å². The average Bonchev–Trinajstić information content (AvgIpc) is 3.24. The molecule has 0 aromatic carbocycles. The molecule has 4 aliphatic rings. The standard InChI is InChI=1S/C21H28N6O3/c1-13-17(11-25(3)22-13)10-24(2)20(28)19-18(27(29)30)12-26(23-19)21-7-14-4-15(8-21)6-16(5-14)9-21/h11-12,14-16H,4-10H2,1-3H3. The number of hydrogen-bond acceptors (Lipinski definition) is 5. The lowest BCUT2D eigenvalue weighted by Gasteiger charge is -2.56. The molecule has 0 radical (unpaired) electrons. The summed E-state index contributed by atoms with van der Waals surface area (Å²) in [5, 5.41) is 20.7. The average molecular weight is 412 g/mol. The van der Waals surface area contributed by atoms with Crippen molar-refractivity contribution in [1.82, 2.24) is 24.5 Å². The third-order valence-corrected chi connectivity index (χ3v) is 7.46. The van der Waals surface area contributed by atoms with Gasteiger partial charge < -0.3 is 4.90 Å². The minimum absolute atomic E-state index is 0.0558. The fraction of sp³-hybridized carbons (Fsp3) is 0.667. The van der Waals surface area contributed by atoms with Gasteiger partial charge in [0.1, 0.15) is 6.20 Å². The van der Waals surface area contributed by atoms with Crippen LogP contribution in [-0.2, 0) is 19.1 Å². The van der Waals surface area contributed by atoms with E-state index in [4.69, 9.17) is 0 Å². The van der Waals surface area contributed by atoms with E-state index in [1.54, 1.807) is 16.4 Å². The Morgan fingerprint density at radius 3 is 2.30 bits per heavy atom. The molecule has 0 spiro atoms. The van der Waals surface area contributed by atoms with Gasteiger partial charge in [0.15, 0.2) is 0 Å². The summed E-state index contributed by atoms with van der Waals surface area (Å²) < 4.78 is 3.50. The third kappa shape index (κ3) is 3.02. The molecule has 0 aliphatic heterocycles. The largest absolute Gasteiger partial charge is 0.336 e. The van der Waals surface area contributed by atoms with E-state index in [1.807, 2.05) is 20.2 Å². The summed E-state index contributed by atoms with van der Waals surface area (Å²) in [5.74, 6) is 1.65. The second-order valence-electron chi connectivity index (χ2n) is 9.78. The van der Waals surface area contributed by atoms with Gasteiger partial charge in [-0.1, -0.05) is 0 Å². The molecule has 9 heteroatoms. The molecule has 0 N–H and O–H groups in total. The van der Waals surface area contributed by atoms with Crippen molar-refractivity contribution in [3.8, 4) is 0 Å². The van der Waals surface area contributed by atoms with Crippen LogP contribution in [0.25, 0.3) is 0 Å². The molecule has 0 saturated heterocycles. The van der Waals surface area contributed by atoms with Gasteiger partial charge in [-0.3, -0.25) is 24.3 Å². The van der Waals surface area contributed by atoms with Crippen molar-refractivity contribution in [2.24, 2.45) is 24.8 Å². The highest BCUT2D eigenvalue weighted by atomic mass is 16.6. The molecule has 160 valence electrons. The summed E-state index contributed by atoms with van der Waals surface area (Å²) in [4.78, 5) is 25.9. The Hall–Kier alpha value is -2.71. The lowest BCUT2D eigenvalue weighted by Crippen LogP contribution is -2.52. The van der Waals surface area contributed by atoms with E-state index in [0.717, 1.165) is 30.5 Å². The lowest BCUT2D eigenvalue weighted by molar-refractivity contribution is -0.385. The lowest BCUT2D eigenvalue weighted by atomic mass is 9.53. The number of nitrogens with zero attached hydrogens (tertiary/aromatic N) is 6. The first-order valence-corrected chi connectivity index (χ1v) is 10.7. The normalized spacial score (nSPS) is 29.4. The van der Waals surface area contributed by atoms with Gasteiger partial charge in [0.2, 0.25) is 5.69 Å². The SMILES string of the molecule is Cc1nn(C)cc1CN(C)C(=O)c1nn(C23CC4CC(CC(C4)C2)C3)cc1[N+](=O)[O-]. The van der Waals surface area contributed by atoms with Gasteiger partial charge in [0.25, 0.3) is 5.91 Å². The predicted octanol–water partition coefficient (Wildman–Crippen LogP) is 3.03. The molecule has 0 atom stereocenters. The molecule has 2 aromatic heterocycles. The van der Waals surface area contributed by atoms with Crippen LogP contribution in [0.3, 0.4) is 0 Å². The van der Waals surface area contributed by atoms with Crippen LogP contribution in [-0.4, -0.2) is 42.3 Å². The molecular weight excluding hydrogens is 384 g/mol. The van der Waals surface area contributed by atoms with Gasteiger partial charge >= 0.3 is 5.69 Å². The molecule has 6 rings (SSSR count). The minimum Gasteiger partial charge on any atom is -0.336 e. The van der Waals surface area contributed by atoms with Crippen molar-refractivity contribution in [3.63, 3.8) is 0 Å². The quantitative estimate of drug-likeness (QED) is 0.555. The molecule has 1 amide bonds. The number of carbonyl (C=O) groups excluding carboxylic acids is 1. The summed E-state index contributed by atoms with van der Waals surface area (Å²) in [7, 11) is 3.48. The van der Waals surface area contributed by atoms with E-state index in [9.17, 15) is 14.9 Å². The van der Waals surface area contributed by atoms with Crippen LogP contribution >= 0.6 is 0 Å². The topological polar surface area (TPSA) is 99.1 Å². The smallest absolute Gasteiger partial charge is 0.320 e. The highest BCUT2D eigenvalue weighted by Gasteiger charge is 2.53. The molecular formula is C21H28N6O3. The van der Waals surface area contributed by atoms with Crippen LogP contribution in [0.15, 0.2) is 12.4 Å². The second-order valence-corrected chi connectivity index (χ2v) is 9.78. The first kappa shape index (κ1) is 19.3. The maximum Gasteiger partial charge on any atom is 0.320 e. The first-order chi connectivity index (χ1) is 14.2. The molecule has 2 heterocycles. The highest BCUT2D eigenvalue weighted by Crippen LogP contribution is 2.58. The maximum atomic E-state index is 13.2. The van der Waals surface area contributed by atoms with Crippen LogP contribution in [0.2, 0.25) is 0 Å². The zero-order valence-corrected chi connectivity index (χ0v) is 17.7. The number of rotatable bonds is 5. The van der Waals surface area contributed by atoms with Crippen molar-refractivity contribution in [2.45, 2.75) is 57.5 Å². The number of aryl methyl sites for hydroxylation is 2. The fourth-order valence-electron chi connectivity index (χ4n) is 6.55. The number of nitro groups is 1. The number of amides is 1. The molecule has 30 heavy (non-hydrogen) atoms. The molecule has 4 bridgehead atoms. The second kappa shape index (κ2) is 6.65. The summed E-state index contributed by atoms with van der Waals surface area (Å²) in [5.41, 5.74) is 1.35. The fourth-order valence-corrected chi connectivity index (χ4v) is 6.55. The zero-order chi connectivity index (χ0) is 21.2. The van der Waals surface area contributed by atoms with E-state index >= 15 is 0 Å². The Bertz CT molecular complexity index is 987. The van der Waals surface area contributed by atoms with Gasteiger partial charge in [0.05, 0.1) is 16.2 Å². The Kier molecular flexibility index (Phi) is 4.27. The van der Waals surface area contributed by atoms with Crippen LogP contribution in [0, 0.1) is 34.8 Å². The molecule has 0 unspecified atom stereocenters. The van der Waals surface area contributed by atoms with E-state index in [1.165, 1.54) is 30.4 Å².